The molecule has 0 spiro atoms. The third kappa shape index (κ3) is 4.14. The van der Waals surface area contributed by atoms with Crippen LogP contribution in [-0.2, 0) is 6.54 Å². The summed E-state index contributed by atoms with van der Waals surface area (Å²) in [6.07, 6.45) is 1.03. The van der Waals surface area contributed by atoms with Crippen molar-refractivity contribution in [3.63, 3.8) is 0 Å². The first-order chi connectivity index (χ1) is 9.69. The van der Waals surface area contributed by atoms with Crippen molar-refractivity contribution in [2.24, 2.45) is 0 Å². The van der Waals surface area contributed by atoms with Crippen LogP contribution in [0.25, 0.3) is 0 Å². The van der Waals surface area contributed by atoms with Crippen LogP contribution in [0.2, 0.25) is 0 Å². The number of ether oxygens (including phenoxy) is 1. The Labute approximate surface area is 121 Å². The molecule has 0 bridgehead atoms. The fraction of sp³-hybridized carbons (Fsp3) is 0.412. The van der Waals surface area contributed by atoms with Gasteiger partial charge in [-0.3, -0.25) is 0 Å². The number of rotatable bonds is 7. The van der Waals surface area contributed by atoms with Gasteiger partial charge in [0, 0.05) is 6.54 Å². The minimum atomic E-state index is 0.198. The number of nitrogens with one attached hydrogen (secondary N) is 1. The molecule has 0 amide bonds. The highest BCUT2D eigenvalue weighted by Gasteiger charge is 2.08. The molecule has 2 aromatic rings. The Morgan fingerprint density at radius 1 is 1.25 bits per heavy atom. The normalized spacial score (nSPS) is 12.3. The zero-order valence-corrected chi connectivity index (χ0v) is 12.5. The van der Waals surface area contributed by atoms with E-state index >= 15 is 0 Å². The lowest BCUT2D eigenvalue weighted by atomic mass is 10.2. The zero-order chi connectivity index (χ0) is 14.4. The molecule has 0 aliphatic heterocycles. The summed E-state index contributed by atoms with van der Waals surface area (Å²) in [4.78, 5) is 0. The van der Waals surface area contributed by atoms with Crippen molar-refractivity contribution in [1.29, 1.82) is 0 Å². The first-order valence-corrected chi connectivity index (χ1v) is 7.20. The number of hydrogen-bond acceptors (Lipinski definition) is 3. The van der Waals surface area contributed by atoms with E-state index in [9.17, 15) is 0 Å². The number of furan rings is 1. The summed E-state index contributed by atoms with van der Waals surface area (Å²) < 4.78 is 11.3. The minimum Gasteiger partial charge on any atom is -0.494 e. The lowest BCUT2D eigenvalue weighted by molar-refractivity contribution is 0.317. The standard InChI is InChI=1S/C17H23NO2/c1-4-10-19-16-7-5-6-15(11-16)12-18-14(3)17-9-8-13(2)20-17/h5-9,11,14,18H,4,10,12H2,1-3H3. The molecule has 0 aliphatic carbocycles. The van der Waals surface area contributed by atoms with Crippen LogP contribution < -0.4 is 10.1 Å². The van der Waals surface area contributed by atoms with Gasteiger partial charge in [0.15, 0.2) is 0 Å². The topological polar surface area (TPSA) is 34.4 Å². The minimum absolute atomic E-state index is 0.198. The van der Waals surface area contributed by atoms with Crippen LogP contribution in [0.5, 0.6) is 5.75 Å². The van der Waals surface area contributed by atoms with E-state index in [0.29, 0.717) is 0 Å². The van der Waals surface area contributed by atoms with Gasteiger partial charge in [0.25, 0.3) is 0 Å². The van der Waals surface area contributed by atoms with E-state index in [1.54, 1.807) is 0 Å². The summed E-state index contributed by atoms with van der Waals surface area (Å²) in [7, 11) is 0. The van der Waals surface area contributed by atoms with Crippen molar-refractivity contribution in [3.05, 3.63) is 53.5 Å². The van der Waals surface area contributed by atoms with Crippen LogP contribution in [0, 0.1) is 6.92 Å². The number of aryl methyl sites for hydroxylation is 1. The quantitative estimate of drug-likeness (QED) is 0.820. The molecule has 2 rings (SSSR count). The highest BCUT2D eigenvalue weighted by atomic mass is 16.5. The first-order valence-electron chi connectivity index (χ1n) is 7.20. The summed E-state index contributed by atoms with van der Waals surface area (Å²) in [5, 5.41) is 3.46. The van der Waals surface area contributed by atoms with Crippen molar-refractivity contribution in [3.8, 4) is 5.75 Å². The summed E-state index contributed by atoms with van der Waals surface area (Å²) in [5.74, 6) is 2.86. The third-order valence-corrected chi connectivity index (χ3v) is 3.17. The Bertz CT molecular complexity index is 533. The molecule has 1 heterocycles. The maximum absolute atomic E-state index is 5.64. The maximum atomic E-state index is 5.64. The van der Waals surface area contributed by atoms with Crippen LogP contribution in [0.4, 0.5) is 0 Å². The molecule has 1 aromatic carbocycles. The Balaban J connectivity index is 1.90. The van der Waals surface area contributed by atoms with Crippen molar-refractivity contribution in [1.82, 2.24) is 5.32 Å². The molecule has 0 fully saturated rings. The van der Waals surface area contributed by atoms with Gasteiger partial charge in [0.2, 0.25) is 0 Å². The van der Waals surface area contributed by atoms with Gasteiger partial charge in [0.1, 0.15) is 17.3 Å². The van der Waals surface area contributed by atoms with Gasteiger partial charge in [0.05, 0.1) is 12.6 Å². The van der Waals surface area contributed by atoms with E-state index in [1.165, 1.54) is 5.56 Å². The number of hydrogen-bond donors (Lipinski definition) is 1. The van der Waals surface area contributed by atoms with Gasteiger partial charge in [-0.25, -0.2) is 0 Å². The molecule has 3 heteroatoms. The summed E-state index contributed by atoms with van der Waals surface area (Å²) in [6, 6.07) is 12.4. The Morgan fingerprint density at radius 3 is 2.80 bits per heavy atom. The largest absolute Gasteiger partial charge is 0.494 e. The third-order valence-electron chi connectivity index (χ3n) is 3.17. The molecule has 0 saturated heterocycles. The van der Waals surface area contributed by atoms with Gasteiger partial charge in [-0.05, 0) is 50.1 Å². The monoisotopic (exact) mass is 273 g/mol. The van der Waals surface area contributed by atoms with Gasteiger partial charge in [-0.1, -0.05) is 19.1 Å². The van der Waals surface area contributed by atoms with E-state index in [0.717, 1.165) is 36.8 Å². The van der Waals surface area contributed by atoms with Crippen molar-refractivity contribution < 1.29 is 9.15 Å². The van der Waals surface area contributed by atoms with Crippen LogP contribution in [0.1, 0.15) is 43.4 Å². The second kappa shape index (κ2) is 7.15. The van der Waals surface area contributed by atoms with E-state index in [2.05, 4.69) is 31.3 Å². The van der Waals surface area contributed by atoms with Crippen LogP contribution in [0.3, 0.4) is 0 Å². The molecule has 0 radical (unpaired) electrons. The van der Waals surface area contributed by atoms with Gasteiger partial charge in [-0.2, -0.15) is 0 Å². The zero-order valence-electron chi connectivity index (χ0n) is 12.5. The average molecular weight is 273 g/mol. The molecule has 0 saturated carbocycles. The summed E-state index contributed by atoms with van der Waals surface area (Å²) >= 11 is 0. The Kier molecular flexibility index (Phi) is 5.24. The van der Waals surface area contributed by atoms with E-state index in [-0.39, 0.29) is 6.04 Å². The van der Waals surface area contributed by atoms with Crippen LogP contribution in [0.15, 0.2) is 40.8 Å². The molecular formula is C17H23NO2. The first kappa shape index (κ1) is 14.7. The fourth-order valence-corrected chi connectivity index (χ4v) is 2.02. The van der Waals surface area contributed by atoms with Gasteiger partial charge in [-0.15, -0.1) is 0 Å². The molecular weight excluding hydrogens is 250 g/mol. The summed E-state index contributed by atoms with van der Waals surface area (Å²) in [5.41, 5.74) is 1.22. The second-order valence-electron chi connectivity index (χ2n) is 5.05. The van der Waals surface area contributed by atoms with E-state index in [1.807, 2.05) is 31.2 Å². The lowest BCUT2D eigenvalue weighted by Gasteiger charge is -2.12. The van der Waals surface area contributed by atoms with Crippen molar-refractivity contribution in [2.45, 2.75) is 39.8 Å². The molecule has 0 aliphatic rings. The molecule has 1 aromatic heterocycles. The Hall–Kier alpha value is -1.74. The summed E-state index contributed by atoms with van der Waals surface area (Å²) in [6.45, 7) is 7.74. The molecule has 1 atom stereocenters. The number of benzene rings is 1. The van der Waals surface area contributed by atoms with E-state index in [4.69, 9.17) is 9.15 Å². The maximum Gasteiger partial charge on any atom is 0.120 e. The van der Waals surface area contributed by atoms with Crippen LogP contribution >= 0.6 is 0 Å². The van der Waals surface area contributed by atoms with Gasteiger partial charge < -0.3 is 14.5 Å². The highest BCUT2D eigenvalue weighted by Crippen LogP contribution is 2.18. The Morgan fingerprint density at radius 2 is 2.10 bits per heavy atom. The molecule has 1 N–H and O–H groups in total. The smallest absolute Gasteiger partial charge is 0.120 e. The van der Waals surface area contributed by atoms with Crippen molar-refractivity contribution >= 4 is 0 Å². The van der Waals surface area contributed by atoms with Crippen molar-refractivity contribution in [2.75, 3.05) is 6.61 Å². The fourth-order valence-electron chi connectivity index (χ4n) is 2.02. The highest BCUT2D eigenvalue weighted by molar-refractivity contribution is 5.28. The molecule has 3 nitrogen and oxygen atoms in total. The average Bonchev–Trinajstić information content (AvgIpc) is 2.90. The lowest BCUT2D eigenvalue weighted by Crippen LogP contribution is -2.17. The molecule has 20 heavy (non-hydrogen) atoms. The molecule has 1 unspecified atom stereocenters. The second-order valence-corrected chi connectivity index (χ2v) is 5.05. The van der Waals surface area contributed by atoms with Gasteiger partial charge >= 0.3 is 0 Å². The van der Waals surface area contributed by atoms with E-state index < -0.39 is 0 Å². The molecule has 108 valence electrons. The predicted octanol–water partition coefficient (Wildman–Crippen LogP) is 4.23. The predicted molar refractivity (Wildman–Crippen MR) is 80.9 cm³/mol. The SMILES string of the molecule is CCCOc1cccc(CNC(C)c2ccc(C)o2)c1. The van der Waals surface area contributed by atoms with Crippen LogP contribution in [-0.4, -0.2) is 6.61 Å².